The van der Waals surface area contributed by atoms with Gasteiger partial charge < -0.3 is 112 Å². The first-order valence-electron chi connectivity index (χ1n) is 36.2. The number of halogens is 1. The van der Waals surface area contributed by atoms with Crippen molar-refractivity contribution in [3.05, 3.63) is 117 Å². The first-order valence-corrected chi connectivity index (χ1v) is 36.6. The van der Waals surface area contributed by atoms with Crippen LogP contribution in [0.15, 0.2) is 78.9 Å². The normalized spacial score (nSPS) is 29.3. The van der Waals surface area contributed by atoms with Gasteiger partial charge in [0.05, 0.1) is 18.0 Å². The number of nitrogens with one attached hydrogen (secondary N) is 8. The number of nitrogens with two attached hydrogens (primary N) is 1. The molecule has 34 heteroatoms. The Morgan fingerprint density at radius 1 is 0.682 bits per heavy atom. The second-order valence-corrected chi connectivity index (χ2v) is 31.4. The second kappa shape index (κ2) is 30.6. The van der Waals surface area contributed by atoms with Crippen molar-refractivity contribution in [2.45, 2.75) is 183 Å². The lowest BCUT2D eigenvalue weighted by Gasteiger charge is -2.54. The number of amides is 10. The summed E-state index contributed by atoms with van der Waals surface area (Å²) in [5.74, 6) is -12.9. The number of nitrogens with zero attached hydrogens (tertiary/aromatic N) is 1. The number of carbonyl (C=O) groups is 10. The number of hydrogen-bond acceptors (Lipinski definition) is 23. The number of hydrogen-bond donors (Lipinski definition) is 16. The van der Waals surface area contributed by atoms with Gasteiger partial charge in [-0.1, -0.05) is 43.6 Å². The SMILES string of the molecule is Cc1cc2ccc1Oc1cc3cc(c1O[C@@H]1O[C@@H]4CNC(=O)O[C@H]4[C@H](O)[C@H]1O)Oc1ccc(cc1Cl)[C@@H](O)[C@@H]1NC(=O)[C@H](NC(=O)[C@@H]3NC(=O)[C@H](CC(N)=O)NC(=O)[C@H](NC(=O)[C@@H](CC(C)C)N(C)C(=O)OC(C)(C)C)[C@@H]2O)c2ccc(O)c(c2)-c2c(O)cc(O)cc2[C@@H](C(=O)NC2C3CC4CC(C3)CC2C4)NC1=O. The number of carbonyl (C=O) groups excluding carboxylic acids is 10. The number of likely N-dealkylation sites (N-methyl/N-ethyl adjacent to an activating group) is 1. The Bertz CT molecular complexity index is 4520. The van der Waals surface area contributed by atoms with Crippen LogP contribution in [-0.2, 0) is 52.6 Å². The maximum absolute atomic E-state index is 16.2. The number of phenolic OH excluding ortho intramolecular Hbond substituents is 3. The van der Waals surface area contributed by atoms with Gasteiger partial charge in [-0.3, -0.25) is 43.3 Å². The smallest absolute Gasteiger partial charge is 0.410 e. The maximum Gasteiger partial charge on any atom is 0.410 e. The van der Waals surface area contributed by atoms with E-state index in [0.717, 1.165) is 85.5 Å². The van der Waals surface area contributed by atoms with E-state index in [2.05, 4.69) is 42.5 Å². The molecule has 7 heterocycles. The molecule has 17 N–H and O–H groups in total. The molecule has 14 atom stereocenters. The lowest BCUT2D eigenvalue weighted by atomic mass is 9.54. The van der Waals surface area contributed by atoms with E-state index in [1.807, 2.05) is 0 Å². The molecule has 586 valence electrons. The molecule has 4 saturated carbocycles. The number of phenols is 3. The number of primary amides is 1. The first-order chi connectivity index (χ1) is 52.0. The fourth-order valence-electron chi connectivity index (χ4n) is 16.4. The van der Waals surface area contributed by atoms with Crippen molar-refractivity contribution < 1.29 is 112 Å². The molecule has 0 unspecified atom stereocenters. The second-order valence-electron chi connectivity index (χ2n) is 31.0. The quantitative estimate of drug-likeness (QED) is 0.0894. The van der Waals surface area contributed by atoms with Crippen LogP contribution in [0.3, 0.4) is 0 Å². The lowest BCUT2D eigenvalue weighted by molar-refractivity contribution is -0.275. The fourth-order valence-corrected chi connectivity index (χ4v) is 16.6. The standard InChI is InChI=1S/C76H87ClN10O23/c1-29(2)14-44(87(7)75(104)110-76(4,5)6)67(97)85-58-60(92)34-9-12-47(30(3)15-34)105-49-23-38-24-50(64(49)108-73-63(95)62(94)65-51(107-73)28-79-74(103)109-65)106-48-13-10-35(22-42(48)77)61(93)59-72(102)84-57(70(100)81-54-36-17-31-16-32(19-36)20-37(54)18-31)41-25-39(88)26-46(90)53(41)40-21-33(8-11-45(40)89)55(68(98)86-59)83-69(99)56(38)82-66(96)43(27-52(78)91)80-71(58)101/h8-13,15,21-26,29,31-32,36-37,43-44,51,54-63,65,73,88-90,92-95H,14,16-20,27-28H2,1-7H3,(H2,78,91)(H,79,103)(H,80,101)(H,81,100)(H,82,96)(H,83,99)(H,84,102)(H,85,97)(H,86,98)/t31?,32?,36?,37?,43-,44+,51+,54?,55+,56+,57-,58+,59-,60+,61+,62+,63+,65+,73-/m0/s1. The number of aryl methyl sites for hydroxylation is 1. The fraction of sp³-hybridized carbons (Fsp3) is 0.474. The number of fused-ring (bicyclic) bond motifs is 16. The van der Waals surface area contributed by atoms with E-state index in [-0.39, 0.29) is 92.2 Å². The minimum atomic E-state index is -2.30. The molecule has 15 bridgehead atoms. The van der Waals surface area contributed by atoms with Crippen LogP contribution in [0.4, 0.5) is 9.59 Å². The number of alkyl carbamates (subject to hydrolysis) is 1. The van der Waals surface area contributed by atoms with Crippen molar-refractivity contribution >= 4 is 71.0 Å². The summed E-state index contributed by atoms with van der Waals surface area (Å²) in [4.78, 5) is 149. The van der Waals surface area contributed by atoms with Crippen molar-refractivity contribution in [1.82, 2.24) is 47.4 Å². The molecule has 5 aromatic carbocycles. The lowest BCUT2D eigenvalue weighted by Crippen LogP contribution is -2.65. The zero-order chi connectivity index (χ0) is 79.0. The number of benzene rings is 5. The third-order valence-corrected chi connectivity index (χ3v) is 21.7. The number of aromatic hydroxyl groups is 3. The predicted octanol–water partition coefficient (Wildman–Crippen LogP) is 3.78. The number of aliphatic hydroxyl groups is 4. The highest BCUT2D eigenvalue weighted by molar-refractivity contribution is 6.32. The van der Waals surface area contributed by atoms with Gasteiger partial charge in [-0.25, -0.2) is 9.59 Å². The molecular weight excluding hydrogens is 1460 g/mol. The summed E-state index contributed by atoms with van der Waals surface area (Å²) in [5.41, 5.74) is 3.06. The van der Waals surface area contributed by atoms with Gasteiger partial charge in [0.15, 0.2) is 17.6 Å². The van der Waals surface area contributed by atoms with E-state index in [4.69, 9.17) is 45.8 Å². The molecular formula is C76H87ClN10O23. The van der Waals surface area contributed by atoms with Crippen LogP contribution in [0.1, 0.15) is 143 Å². The first kappa shape index (κ1) is 77.4. The van der Waals surface area contributed by atoms with Gasteiger partial charge in [-0.05, 0) is 184 Å². The maximum atomic E-state index is 16.2. The summed E-state index contributed by atoms with van der Waals surface area (Å²) in [6.07, 6.45) is -11.2. The minimum absolute atomic E-state index is 0.0233. The Morgan fingerprint density at radius 3 is 1.95 bits per heavy atom. The number of aliphatic hydroxyl groups excluding tert-OH is 4. The summed E-state index contributed by atoms with van der Waals surface area (Å²) < 4.78 is 37.0. The third-order valence-electron chi connectivity index (χ3n) is 21.4. The van der Waals surface area contributed by atoms with Gasteiger partial charge in [-0.15, -0.1) is 0 Å². The Hall–Kier alpha value is -10.7. The monoisotopic (exact) mass is 1540 g/mol. The van der Waals surface area contributed by atoms with Crippen LogP contribution in [0, 0.1) is 36.5 Å². The zero-order valence-corrected chi connectivity index (χ0v) is 61.5. The van der Waals surface area contributed by atoms with Crippen LogP contribution < -0.4 is 62.5 Å². The summed E-state index contributed by atoms with van der Waals surface area (Å²) in [7, 11) is 1.30. The van der Waals surface area contributed by atoms with Crippen molar-refractivity contribution in [3.8, 4) is 57.1 Å². The van der Waals surface area contributed by atoms with Gasteiger partial charge in [-0.2, -0.15) is 0 Å². The molecule has 0 aromatic heterocycles. The Morgan fingerprint density at radius 2 is 1.31 bits per heavy atom. The molecule has 11 aliphatic rings. The summed E-state index contributed by atoms with van der Waals surface area (Å²) in [6.45, 7) is 9.57. The topological polar surface area (TPSA) is 493 Å². The Labute approximate surface area is 634 Å². The third kappa shape index (κ3) is 15.9. The molecule has 4 aliphatic carbocycles. The largest absolute Gasteiger partial charge is 0.508 e. The van der Waals surface area contributed by atoms with Crippen LogP contribution in [-0.4, -0.2) is 180 Å². The Kier molecular flexibility index (Phi) is 21.6. The predicted molar refractivity (Wildman–Crippen MR) is 384 cm³/mol. The van der Waals surface area contributed by atoms with Crippen LogP contribution in [0.2, 0.25) is 5.02 Å². The summed E-state index contributed by atoms with van der Waals surface area (Å²) >= 11 is 7.16. The van der Waals surface area contributed by atoms with E-state index in [9.17, 15) is 54.9 Å². The average molecular weight is 1540 g/mol. The molecule has 110 heavy (non-hydrogen) atoms. The number of ether oxygens (including phenoxy) is 6. The molecule has 10 amide bonds. The van der Waals surface area contributed by atoms with Gasteiger partial charge >= 0.3 is 12.2 Å². The van der Waals surface area contributed by atoms with E-state index >= 15 is 28.8 Å². The van der Waals surface area contributed by atoms with Gasteiger partial charge in [0, 0.05) is 30.3 Å². The zero-order valence-electron chi connectivity index (χ0n) is 60.8. The molecule has 6 fully saturated rings. The van der Waals surface area contributed by atoms with Crippen LogP contribution >= 0.6 is 11.6 Å². The van der Waals surface area contributed by atoms with E-state index < -0.39 is 197 Å². The number of rotatable bonds is 11. The van der Waals surface area contributed by atoms with E-state index in [1.165, 1.54) is 44.3 Å². The van der Waals surface area contributed by atoms with E-state index in [1.54, 1.807) is 34.6 Å². The van der Waals surface area contributed by atoms with Crippen LogP contribution in [0.25, 0.3) is 11.1 Å². The molecule has 2 saturated heterocycles. The highest BCUT2D eigenvalue weighted by atomic mass is 35.5. The molecule has 0 radical (unpaired) electrons. The molecule has 16 rings (SSSR count). The summed E-state index contributed by atoms with van der Waals surface area (Å²) in [5, 5.41) is 105. The highest BCUT2D eigenvalue weighted by Crippen LogP contribution is 2.55. The van der Waals surface area contributed by atoms with Crippen LogP contribution in [0.5, 0.6) is 46.0 Å². The molecule has 7 aliphatic heterocycles. The highest BCUT2D eigenvalue weighted by Gasteiger charge is 2.53. The van der Waals surface area contributed by atoms with Gasteiger partial charge in [0.2, 0.25) is 59.3 Å². The van der Waals surface area contributed by atoms with E-state index in [0.29, 0.717) is 11.8 Å². The van der Waals surface area contributed by atoms with Gasteiger partial charge in [0.25, 0.3) is 0 Å². The molecule has 33 nitrogen and oxygen atoms in total. The average Bonchev–Trinajstić information content (AvgIpc) is 0.747. The van der Waals surface area contributed by atoms with Crippen molar-refractivity contribution in [3.63, 3.8) is 0 Å². The molecule has 5 aromatic rings. The minimum Gasteiger partial charge on any atom is -0.508 e. The van der Waals surface area contributed by atoms with Crippen molar-refractivity contribution in [2.24, 2.45) is 35.3 Å². The Balaban J connectivity index is 0.986. The molecule has 0 spiro atoms. The van der Waals surface area contributed by atoms with Crippen molar-refractivity contribution in [1.29, 1.82) is 0 Å². The van der Waals surface area contributed by atoms with Crippen molar-refractivity contribution in [2.75, 3.05) is 13.6 Å². The van der Waals surface area contributed by atoms with Gasteiger partial charge in [0.1, 0.15) is 107 Å². The summed E-state index contributed by atoms with van der Waals surface area (Å²) in [6, 6.07) is 0.624.